The van der Waals surface area contributed by atoms with Gasteiger partial charge in [0.2, 0.25) is 5.91 Å². The Labute approximate surface area is 97.1 Å². The van der Waals surface area contributed by atoms with Crippen LogP contribution in [0.15, 0.2) is 42.7 Å². The van der Waals surface area contributed by atoms with Crippen LogP contribution in [0.3, 0.4) is 0 Å². The van der Waals surface area contributed by atoms with Gasteiger partial charge in [0.05, 0.1) is 16.6 Å². The molecule has 1 aromatic carbocycles. The van der Waals surface area contributed by atoms with Gasteiger partial charge in [-0.3, -0.25) is 14.8 Å². The van der Waals surface area contributed by atoms with Crippen molar-refractivity contribution < 1.29 is 4.79 Å². The van der Waals surface area contributed by atoms with Gasteiger partial charge in [0.15, 0.2) is 0 Å². The molecule has 3 rings (SSSR count). The first-order valence-corrected chi connectivity index (χ1v) is 5.19. The molecule has 4 heteroatoms. The van der Waals surface area contributed by atoms with E-state index in [1.54, 1.807) is 18.5 Å². The number of hydrogen-bond donors (Lipinski definition) is 1. The van der Waals surface area contributed by atoms with E-state index in [-0.39, 0.29) is 0 Å². The lowest BCUT2D eigenvalue weighted by Gasteiger charge is -2.04. The zero-order chi connectivity index (χ0) is 11.8. The van der Waals surface area contributed by atoms with E-state index in [9.17, 15) is 4.79 Å². The number of rotatable bonds is 1. The maximum absolute atomic E-state index is 11.3. The molecule has 0 bridgehead atoms. The van der Waals surface area contributed by atoms with E-state index in [2.05, 4.69) is 9.97 Å². The molecule has 0 unspecified atom stereocenters. The number of aromatic nitrogens is 2. The second kappa shape index (κ2) is 3.52. The fraction of sp³-hybridized carbons (Fsp3) is 0. The summed E-state index contributed by atoms with van der Waals surface area (Å²) in [7, 11) is 0. The summed E-state index contributed by atoms with van der Waals surface area (Å²) in [5.41, 5.74) is 7.30. The minimum absolute atomic E-state index is 0.451. The Hall–Kier alpha value is -2.49. The molecule has 0 saturated heterocycles. The molecule has 82 valence electrons. The van der Waals surface area contributed by atoms with E-state index in [1.165, 1.54) is 0 Å². The third kappa shape index (κ3) is 1.42. The SMILES string of the molecule is NC(=O)c1ccnc2c1ccc1cccnc12. The number of fused-ring (bicyclic) bond motifs is 3. The Bertz CT molecular complexity index is 737. The largest absolute Gasteiger partial charge is 0.366 e. The van der Waals surface area contributed by atoms with Crippen molar-refractivity contribution in [1.29, 1.82) is 0 Å². The van der Waals surface area contributed by atoms with Crippen LogP contribution >= 0.6 is 0 Å². The van der Waals surface area contributed by atoms with Crippen LogP contribution in [-0.4, -0.2) is 15.9 Å². The highest BCUT2D eigenvalue weighted by molar-refractivity contribution is 6.11. The lowest BCUT2D eigenvalue weighted by molar-refractivity contribution is 0.100. The quantitative estimate of drug-likeness (QED) is 0.640. The first kappa shape index (κ1) is 9.72. The summed E-state index contributed by atoms with van der Waals surface area (Å²) in [6, 6.07) is 9.22. The highest BCUT2D eigenvalue weighted by Crippen LogP contribution is 2.23. The molecule has 2 heterocycles. The van der Waals surface area contributed by atoms with Crippen molar-refractivity contribution in [2.24, 2.45) is 5.73 Å². The summed E-state index contributed by atoms with van der Waals surface area (Å²) in [4.78, 5) is 19.9. The van der Waals surface area contributed by atoms with Crippen LogP contribution in [0.2, 0.25) is 0 Å². The van der Waals surface area contributed by atoms with Crippen LogP contribution < -0.4 is 5.73 Å². The van der Waals surface area contributed by atoms with Gasteiger partial charge in [0.1, 0.15) is 0 Å². The fourth-order valence-electron chi connectivity index (χ4n) is 1.97. The second-order valence-electron chi connectivity index (χ2n) is 3.76. The van der Waals surface area contributed by atoms with Gasteiger partial charge in [0.25, 0.3) is 0 Å². The molecule has 3 aromatic rings. The fourth-order valence-corrected chi connectivity index (χ4v) is 1.97. The van der Waals surface area contributed by atoms with E-state index < -0.39 is 5.91 Å². The van der Waals surface area contributed by atoms with Gasteiger partial charge in [-0.1, -0.05) is 18.2 Å². The van der Waals surface area contributed by atoms with E-state index in [1.807, 2.05) is 24.3 Å². The van der Waals surface area contributed by atoms with E-state index in [4.69, 9.17) is 5.73 Å². The molecule has 0 fully saturated rings. The standard InChI is InChI=1S/C13H9N3O/c14-13(17)10-5-7-16-12-9(10)4-3-8-2-1-6-15-11(8)12/h1-7H,(H2,14,17). The van der Waals surface area contributed by atoms with Crippen molar-refractivity contribution in [2.75, 3.05) is 0 Å². The first-order valence-electron chi connectivity index (χ1n) is 5.19. The number of primary amides is 1. The monoisotopic (exact) mass is 223 g/mol. The van der Waals surface area contributed by atoms with Crippen molar-refractivity contribution >= 4 is 27.7 Å². The molecule has 2 N–H and O–H groups in total. The predicted molar refractivity (Wildman–Crippen MR) is 65.6 cm³/mol. The molecular weight excluding hydrogens is 214 g/mol. The van der Waals surface area contributed by atoms with Crippen LogP contribution in [0.25, 0.3) is 21.8 Å². The van der Waals surface area contributed by atoms with Crippen LogP contribution in [-0.2, 0) is 0 Å². The number of benzene rings is 1. The number of amides is 1. The Morgan fingerprint density at radius 2 is 1.82 bits per heavy atom. The summed E-state index contributed by atoms with van der Waals surface area (Å²) in [6.07, 6.45) is 3.29. The number of nitrogens with two attached hydrogens (primary N) is 1. The van der Waals surface area contributed by atoms with Gasteiger partial charge >= 0.3 is 0 Å². The van der Waals surface area contributed by atoms with Crippen molar-refractivity contribution in [3.05, 3.63) is 48.3 Å². The molecule has 17 heavy (non-hydrogen) atoms. The molecule has 2 aromatic heterocycles. The summed E-state index contributed by atoms with van der Waals surface area (Å²) in [5, 5.41) is 1.74. The molecule has 0 aliphatic carbocycles. The summed E-state index contributed by atoms with van der Waals surface area (Å²) < 4.78 is 0. The molecule has 1 amide bonds. The summed E-state index contributed by atoms with van der Waals surface area (Å²) in [6.45, 7) is 0. The van der Waals surface area contributed by atoms with Gasteiger partial charge < -0.3 is 5.73 Å². The minimum Gasteiger partial charge on any atom is -0.366 e. The Morgan fingerprint density at radius 1 is 1.00 bits per heavy atom. The van der Waals surface area contributed by atoms with Crippen LogP contribution in [0, 0.1) is 0 Å². The molecule has 0 radical (unpaired) electrons. The predicted octanol–water partition coefficient (Wildman–Crippen LogP) is 1.88. The maximum Gasteiger partial charge on any atom is 0.249 e. The Morgan fingerprint density at radius 3 is 2.65 bits per heavy atom. The minimum atomic E-state index is -0.451. The molecule has 0 atom stereocenters. The molecular formula is C13H9N3O. The van der Waals surface area contributed by atoms with Gasteiger partial charge in [-0.05, 0) is 12.1 Å². The van der Waals surface area contributed by atoms with Gasteiger partial charge in [0, 0.05) is 23.2 Å². The number of nitrogens with zero attached hydrogens (tertiary/aromatic N) is 2. The van der Waals surface area contributed by atoms with E-state index >= 15 is 0 Å². The van der Waals surface area contributed by atoms with Crippen molar-refractivity contribution in [2.45, 2.75) is 0 Å². The summed E-state index contributed by atoms with van der Waals surface area (Å²) >= 11 is 0. The van der Waals surface area contributed by atoms with Crippen LogP contribution in [0.5, 0.6) is 0 Å². The van der Waals surface area contributed by atoms with Crippen LogP contribution in [0.4, 0.5) is 0 Å². The van der Waals surface area contributed by atoms with Crippen molar-refractivity contribution in [1.82, 2.24) is 9.97 Å². The van der Waals surface area contributed by atoms with Crippen molar-refractivity contribution in [3.8, 4) is 0 Å². The molecule has 4 nitrogen and oxygen atoms in total. The third-order valence-corrected chi connectivity index (χ3v) is 2.75. The normalized spacial score (nSPS) is 10.8. The highest BCUT2D eigenvalue weighted by Gasteiger charge is 2.09. The highest BCUT2D eigenvalue weighted by atomic mass is 16.1. The van der Waals surface area contributed by atoms with Crippen molar-refractivity contribution in [3.63, 3.8) is 0 Å². The Balaban J connectivity index is 2.52. The number of carbonyl (C=O) groups is 1. The molecule has 0 aliphatic rings. The molecule has 0 aliphatic heterocycles. The second-order valence-corrected chi connectivity index (χ2v) is 3.76. The number of hydrogen-bond acceptors (Lipinski definition) is 3. The first-order chi connectivity index (χ1) is 8.27. The number of carbonyl (C=O) groups excluding carboxylic acids is 1. The van der Waals surface area contributed by atoms with Gasteiger partial charge in [-0.2, -0.15) is 0 Å². The third-order valence-electron chi connectivity index (χ3n) is 2.75. The lowest BCUT2D eigenvalue weighted by atomic mass is 10.1. The zero-order valence-electron chi connectivity index (χ0n) is 8.92. The zero-order valence-corrected chi connectivity index (χ0v) is 8.92. The smallest absolute Gasteiger partial charge is 0.249 e. The molecule has 0 saturated carbocycles. The topological polar surface area (TPSA) is 68.9 Å². The average molecular weight is 223 g/mol. The van der Waals surface area contributed by atoms with Crippen LogP contribution in [0.1, 0.15) is 10.4 Å². The Kier molecular flexibility index (Phi) is 2.01. The van der Waals surface area contributed by atoms with E-state index in [0.717, 1.165) is 16.3 Å². The van der Waals surface area contributed by atoms with E-state index in [0.29, 0.717) is 11.1 Å². The van der Waals surface area contributed by atoms with Gasteiger partial charge in [-0.25, -0.2) is 0 Å². The maximum atomic E-state index is 11.3. The number of pyridine rings is 2. The molecule has 0 spiro atoms. The van der Waals surface area contributed by atoms with Gasteiger partial charge in [-0.15, -0.1) is 0 Å². The average Bonchev–Trinajstić information content (AvgIpc) is 2.37. The lowest BCUT2D eigenvalue weighted by Crippen LogP contribution is -2.11. The summed E-state index contributed by atoms with van der Waals surface area (Å²) in [5.74, 6) is -0.451.